The van der Waals surface area contributed by atoms with Gasteiger partial charge in [0.2, 0.25) is 0 Å². The molecule has 110 valence electrons. The van der Waals surface area contributed by atoms with Crippen LogP contribution in [-0.2, 0) is 7.05 Å². The Morgan fingerprint density at radius 2 is 2.10 bits per heavy atom. The van der Waals surface area contributed by atoms with Gasteiger partial charge in [-0.25, -0.2) is 4.79 Å². The molecule has 0 unspecified atom stereocenters. The first-order chi connectivity index (χ1) is 10.1. The molecule has 7 heteroatoms. The summed E-state index contributed by atoms with van der Waals surface area (Å²) in [6, 6.07) is 5.25. The molecule has 3 rings (SSSR count). The largest absolute Gasteiger partial charge is 0.489 e. The number of aromatic carboxylic acids is 1. The maximum atomic E-state index is 11.0. The molecule has 1 aromatic carbocycles. The minimum Gasteiger partial charge on any atom is -0.489 e. The lowest BCUT2D eigenvalue weighted by Gasteiger charge is -2.11. The lowest BCUT2D eigenvalue weighted by atomic mass is 10.1. The van der Waals surface area contributed by atoms with Gasteiger partial charge in [0.05, 0.1) is 23.4 Å². The summed E-state index contributed by atoms with van der Waals surface area (Å²) in [7, 11) is 1.71. The van der Waals surface area contributed by atoms with Crippen molar-refractivity contribution in [3.63, 3.8) is 0 Å². The van der Waals surface area contributed by atoms with Crippen LogP contribution in [-0.4, -0.2) is 34.1 Å². The number of aromatic nitrogens is 2. The molecule has 0 amide bonds. The first kappa shape index (κ1) is 13.9. The summed E-state index contributed by atoms with van der Waals surface area (Å²) in [5.74, 6) is 0.275. The molecule has 2 heterocycles. The average Bonchev–Trinajstić information content (AvgIpc) is 2.68. The van der Waals surface area contributed by atoms with Crippen LogP contribution in [0.25, 0.3) is 11.3 Å². The van der Waals surface area contributed by atoms with E-state index >= 15 is 0 Å². The number of carboxylic acid groups (broad SMARTS) is 1. The van der Waals surface area contributed by atoms with E-state index in [9.17, 15) is 4.79 Å². The normalized spacial score (nSPS) is 13.8. The number of nitrogens with zero attached hydrogens (tertiary/aromatic N) is 2. The second-order valence-corrected chi connectivity index (χ2v) is 5.53. The highest BCUT2D eigenvalue weighted by Crippen LogP contribution is 2.40. The average molecular weight is 353 g/mol. The van der Waals surface area contributed by atoms with Gasteiger partial charge in [-0.3, -0.25) is 4.68 Å². The van der Waals surface area contributed by atoms with Crippen molar-refractivity contribution in [2.45, 2.75) is 6.42 Å². The summed E-state index contributed by atoms with van der Waals surface area (Å²) >= 11 is 3.47. The maximum absolute atomic E-state index is 11.0. The van der Waals surface area contributed by atoms with Crippen LogP contribution in [0.1, 0.15) is 16.9 Å². The molecular formula is C14H13BrN2O4. The van der Waals surface area contributed by atoms with Crippen LogP contribution in [0.5, 0.6) is 11.5 Å². The molecule has 2 aromatic rings. The van der Waals surface area contributed by atoms with Crippen molar-refractivity contribution in [1.29, 1.82) is 0 Å². The van der Waals surface area contributed by atoms with Gasteiger partial charge in [-0.2, -0.15) is 5.10 Å². The van der Waals surface area contributed by atoms with E-state index in [1.165, 1.54) is 10.7 Å². The second-order valence-electron chi connectivity index (χ2n) is 4.68. The molecule has 1 N–H and O–H groups in total. The van der Waals surface area contributed by atoms with Crippen molar-refractivity contribution in [2.24, 2.45) is 7.05 Å². The topological polar surface area (TPSA) is 73.6 Å². The Kier molecular flexibility index (Phi) is 3.59. The van der Waals surface area contributed by atoms with E-state index in [0.717, 1.165) is 16.5 Å². The van der Waals surface area contributed by atoms with Gasteiger partial charge in [0.15, 0.2) is 17.2 Å². The van der Waals surface area contributed by atoms with Crippen LogP contribution in [0.4, 0.5) is 0 Å². The quantitative estimate of drug-likeness (QED) is 0.899. The Bertz CT molecular complexity index is 711. The van der Waals surface area contributed by atoms with E-state index < -0.39 is 5.97 Å². The Labute approximate surface area is 129 Å². The van der Waals surface area contributed by atoms with Crippen molar-refractivity contribution in [2.75, 3.05) is 13.2 Å². The standard InChI is InChI=1S/C14H13BrN2O4/c1-17-11(7-10(16-17)14(18)19)8-5-9(15)13-12(6-8)20-3-2-4-21-13/h5-7H,2-4H2,1H3,(H,18,19). The first-order valence-electron chi connectivity index (χ1n) is 6.43. The molecule has 0 fully saturated rings. The number of carboxylic acids is 1. The number of fused-ring (bicyclic) bond motifs is 1. The SMILES string of the molecule is Cn1nc(C(=O)O)cc1-c1cc(Br)c2c(c1)OCCCO2. The molecule has 6 nitrogen and oxygen atoms in total. The fourth-order valence-corrected chi connectivity index (χ4v) is 2.78. The fraction of sp³-hybridized carbons (Fsp3) is 0.286. The molecule has 1 aromatic heterocycles. The van der Waals surface area contributed by atoms with Gasteiger partial charge in [0, 0.05) is 19.0 Å². The highest BCUT2D eigenvalue weighted by Gasteiger charge is 2.19. The third kappa shape index (κ3) is 2.61. The summed E-state index contributed by atoms with van der Waals surface area (Å²) in [5.41, 5.74) is 1.52. The minimum absolute atomic E-state index is 0.00994. The Morgan fingerprint density at radius 3 is 2.81 bits per heavy atom. The Hall–Kier alpha value is -2.02. The van der Waals surface area contributed by atoms with Crippen molar-refractivity contribution in [3.8, 4) is 22.8 Å². The van der Waals surface area contributed by atoms with Crippen molar-refractivity contribution < 1.29 is 19.4 Å². The molecule has 21 heavy (non-hydrogen) atoms. The van der Waals surface area contributed by atoms with Gasteiger partial charge < -0.3 is 14.6 Å². The van der Waals surface area contributed by atoms with Crippen molar-refractivity contribution in [3.05, 3.63) is 28.4 Å². The van der Waals surface area contributed by atoms with E-state index in [-0.39, 0.29) is 5.69 Å². The summed E-state index contributed by atoms with van der Waals surface area (Å²) in [5, 5.41) is 13.0. The molecule has 0 radical (unpaired) electrons. The zero-order valence-corrected chi connectivity index (χ0v) is 12.9. The number of benzene rings is 1. The Morgan fingerprint density at radius 1 is 1.33 bits per heavy atom. The van der Waals surface area contributed by atoms with Gasteiger partial charge in [0.1, 0.15) is 0 Å². The third-order valence-electron chi connectivity index (χ3n) is 3.20. The van der Waals surface area contributed by atoms with E-state index in [1.54, 1.807) is 7.05 Å². The Balaban J connectivity index is 2.09. The number of hydrogen-bond acceptors (Lipinski definition) is 4. The highest BCUT2D eigenvalue weighted by molar-refractivity contribution is 9.10. The molecule has 0 saturated heterocycles. The second kappa shape index (κ2) is 5.40. The predicted octanol–water partition coefficient (Wildman–Crippen LogP) is 2.71. The van der Waals surface area contributed by atoms with Gasteiger partial charge in [-0.1, -0.05) is 0 Å². The van der Waals surface area contributed by atoms with Crippen LogP contribution in [0.2, 0.25) is 0 Å². The van der Waals surface area contributed by atoms with E-state index in [0.29, 0.717) is 30.4 Å². The molecule has 0 aliphatic carbocycles. The van der Waals surface area contributed by atoms with E-state index in [2.05, 4.69) is 21.0 Å². The number of hydrogen-bond donors (Lipinski definition) is 1. The fourth-order valence-electron chi connectivity index (χ4n) is 2.22. The smallest absolute Gasteiger partial charge is 0.356 e. The van der Waals surface area contributed by atoms with Crippen LogP contribution in [0, 0.1) is 0 Å². The van der Waals surface area contributed by atoms with Gasteiger partial charge in [-0.15, -0.1) is 0 Å². The number of halogens is 1. The number of ether oxygens (including phenoxy) is 2. The summed E-state index contributed by atoms with van der Waals surface area (Å²) < 4.78 is 13.6. The molecular weight excluding hydrogens is 340 g/mol. The summed E-state index contributed by atoms with van der Waals surface area (Å²) in [6.07, 6.45) is 0.825. The van der Waals surface area contributed by atoms with Crippen molar-refractivity contribution in [1.82, 2.24) is 9.78 Å². The zero-order valence-electron chi connectivity index (χ0n) is 11.3. The molecule has 1 aliphatic rings. The number of aryl methyl sites for hydroxylation is 1. The monoisotopic (exact) mass is 352 g/mol. The molecule has 0 bridgehead atoms. The minimum atomic E-state index is -1.05. The van der Waals surface area contributed by atoms with Gasteiger partial charge >= 0.3 is 5.97 Å². The highest BCUT2D eigenvalue weighted by atomic mass is 79.9. The van der Waals surface area contributed by atoms with E-state index in [4.69, 9.17) is 14.6 Å². The maximum Gasteiger partial charge on any atom is 0.356 e. The van der Waals surface area contributed by atoms with Crippen molar-refractivity contribution >= 4 is 21.9 Å². The number of rotatable bonds is 2. The molecule has 1 aliphatic heterocycles. The van der Waals surface area contributed by atoms with Crippen LogP contribution in [0.3, 0.4) is 0 Å². The van der Waals surface area contributed by atoms with Crippen LogP contribution < -0.4 is 9.47 Å². The number of carbonyl (C=O) groups is 1. The van der Waals surface area contributed by atoms with Gasteiger partial charge in [-0.05, 0) is 34.1 Å². The predicted molar refractivity (Wildman–Crippen MR) is 78.9 cm³/mol. The first-order valence-corrected chi connectivity index (χ1v) is 7.22. The molecule has 0 spiro atoms. The third-order valence-corrected chi connectivity index (χ3v) is 3.79. The van der Waals surface area contributed by atoms with Crippen LogP contribution >= 0.6 is 15.9 Å². The lowest BCUT2D eigenvalue weighted by Crippen LogP contribution is -1.99. The summed E-state index contributed by atoms with van der Waals surface area (Å²) in [4.78, 5) is 11.0. The van der Waals surface area contributed by atoms with Gasteiger partial charge in [0.25, 0.3) is 0 Å². The molecule has 0 saturated carbocycles. The van der Waals surface area contributed by atoms with E-state index in [1.807, 2.05) is 12.1 Å². The summed E-state index contributed by atoms with van der Waals surface area (Å²) in [6.45, 7) is 1.20. The van der Waals surface area contributed by atoms with Crippen LogP contribution in [0.15, 0.2) is 22.7 Å². The molecule has 0 atom stereocenters. The zero-order chi connectivity index (χ0) is 15.0. The lowest BCUT2D eigenvalue weighted by molar-refractivity contribution is 0.0689.